The molecule has 0 saturated heterocycles. The van der Waals surface area contributed by atoms with Crippen LogP contribution in [0.25, 0.3) is 0 Å². The van der Waals surface area contributed by atoms with Crippen LogP contribution in [0.15, 0.2) is 47.2 Å². The lowest BCUT2D eigenvalue weighted by atomic mass is 9.76. The Labute approximate surface area is 114 Å². The van der Waals surface area contributed by atoms with Crippen molar-refractivity contribution in [1.29, 1.82) is 0 Å². The van der Waals surface area contributed by atoms with E-state index in [1.807, 2.05) is 0 Å². The summed E-state index contributed by atoms with van der Waals surface area (Å²) in [6.45, 7) is 0. The lowest BCUT2D eigenvalue weighted by Gasteiger charge is -2.30. The number of phenols is 1. The van der Waals surface area contributed by atoms with E-state index in [1.54, 1.807) is 30.4 Å². The van der Waals surface area contributed by atoms with E-state index in [2.05, 4.69) is 18.2 Å². The van der Waals surface area contributed by atoms with Crippen molar-refractivity contribution < 1.29 is 9.84 Å². The van der Waals surface area contributed by atoms with Gasteiger partial charge in [0.15, 0.2) is 0 Å². The lowest BCUT2D eigenvalue weighted by Crippen LogP contribution is -2.12. The standard InChI is InChI=1S/C17H20O2/c1-19-17-9-6-14-10-13(2-3-15(14)11-17)12-4-7-16(18)8-5-12/h4-5,7-9,13,18H,2-3,6,10-11H2,1H3/t13-/m0/s1. The van der Waals surface area contributed by atoms with E-state index in [4.69, 9.17) is 4.74 Å². The number of allylic oxidation sites excluding steroid dienone is 3. The van der Waals surface area contributed by atoms with Crippen LogP contribution in [0.3, 0.4) is 0 Å². The molecule has 2 nitrogen and oxygen atoms in total. The molecule has 1 aromatic rings. The molecule has 0 radical (unpaired) electrons. The van der Waals surface area contributed by atoms with Crippen LogP contribution in [-0.2, 0) is 4.74 Å². The second-order valence-corrected chi connectivity index (χ2v) is 5.49. The predicted molar refractivity (Wildman–Crippen MR) is 76.1 cm³/mol. The third-order valence-electron chi connectivity index (χ3n) is 4.38. The van der Waals surface area contributed by atoms with Gasteiger partial charge < -0.3 is 9.84 Å². The first-order valence-corrected chi connectivity index (χ1v) is 6.98. The maximum absolute atomic E-state index is 9.37. The van der Waals surface area contributed by atoms with Gasteiger partial charge in [-0.1, -0.05) is 23.3 Å². The van der Waals surface area contributed by atoms with Gasteiger partial charge >= 0.3 is 0 Å². The monoisotopic (exact) mass is 256 g/mol. The number of aromatic hydroxyl groups is 1. The molecule has 0 bridgehead atoms. The van der Waals surface area contributed by atoms with Crippen molar-refractivity contribution in [3.8, 4) is 5.75 Å². The van der Waals surface area contributed by atoms with Crippen LogP contribution >= 0.6 is 0 Å². The maximum Gasteiger partial charge on any atom is 0.115 e. The molecule has 1 atom stereocenters. The normalized spacial score (nSPS) is 22.8. The number of hydrogen-bond acceptors (Lipinski definition) is 2. The van der Waals surface area contributed by atoms with Crippen molar-refractivity contribution in [2.75, 3.05) is 7.11 Å². The average Bonchev–Trinajstić information content (AvgIpc) is 2.47. The number of ether oxygens (including phenoxy) is 1. The second kappa shape index (κ2) is 5.12. The highest BCUT2D eigenvalue weighted by atomic mass is 16.5. The van der Waals surface area contributed by atoms with Gasteiger partial charge in [-0.15, -0.1) is 0 Å². The van der Waals surface area contributed by atoms with E-state index in [0.29, 0.717) is 11.7 Å². The van der Waals surface area contributed by atoms with E-state index >= 15 is 0 Å². The molecule has 0 heterocycles. The van der Waals surface area contributed by atoms with Crippen molar-refractivity contribution in [3.05, 3.63) is 52.8 Å². The zero-order chi connectivity index (χ0) is 13.2. The zero-order valence-corrected chi connectivity index (χ0v) is 11.4. The van der Waals surface area contributed by atoms with Crippen LogP contribution in [0.4, 0.5) is 0 Å². The molecule has 0 spiro atoms. The highest BCUT2D eigenvalue weighted by Gasteiger charge is 2.24. The Hall–Kier alpha value is -1.70. The van der Waals surface area contributed by atoms with E-state index in [-0.39, 0.29) is 0 Å². The highest BCUT2D eigenvalue weighted by Crippen LogP contribution is 2.42. The number of methoxy groups -OCH3 is 1. The fourth-order valence-corrected chi connectivity index (χ4v) is 3.22. The Bertz CT molecular complexity index is 523. The molecule has 0 saturated carbocycles. The molecule has 1 N–H and O–H groups in total. The fourth-order valence-electron chi connectivity index (χ4n) is 3.22. The smallest absolute Gasteiger partial charge is 0.115 e. The molecule has 2 aliphatic carbocycles. The van der Waals surface area contributed by atoms with Gasteiger partial charge in [-0.2, -0.15) is 0 Å². The summed E-state index contributed by atoms with van der Waals surface area (Å²) in [5, 5.41) is 9.37. The Morgan fingerprint density at radius 2 is 1.95 bits per heavy atom. The minimum atomic E-state index is 0.352. The van der Waals surface area contributed by atoms with Gasteiger partial charge in [0, 0.05) is 6.42 Å². The van der Waals surface area contributed by atoms with Crippen LogP contribution < -0.4 is 0 Å². The molecule has 19 heavy (non-hydrogen) atoms. The second-order valence-electron chi connectivity index (χ2n) is 5.49. The molecular weight excluding hydrogens is 236 g/mol. The summed E-state index contributed by atoms with van der Waals surface area (Å²) in [7, 11) is 1.76. The van der Waals surface area contributed by atoms with Gasteiger partial charge in [0.05, 0.1) is 12.9 Å². The summed E-state index contributed by atoms with van der Waals surface area (Å²) in [4.78, 5) is 0. The van der Waals surface area contributed by atoms with Gasteiger partial charge in [-0.25, -0.2) is 0 Å². The lowest BCUT2D eigenvalue weighted by molar-refractivity contribution is 0.277. The first-order valence-electron chi connectivity index (χ1n) is 6.98. The van der Waals surface area contributed by atoms with Gasteiger partial charge in [0.25, 0.3) is 0 Å². The third-order valence-corrected chi connectivity index (χ3v) is 4.38. The third kappa shape index (κ3) is 2.53. The topological polar surface area (TPSA) is 29.5 Å². The van der Waals surface area contributed by atoms with Crippen LogP contribution in [0.2, 0.25) is 0 Å². The first-order chi connectivity index (χ1) is 9.26. The predicted octanol–water partition coefficient (Wildman–Crippen LogP) is 4.28. The van der Waals surface area contributed by atoms with Crippen molar-refractivity contribution in [2.24, 2.45) is 0 Å². The summed E-state index contributed by atoms with van der Waals surface area (Å²) in [5.41, 5.74) is 4.55. The largest absolute Gasteiger partial charge is 0.508 e. The van der Waals surface area contributed by atoms with E-state index < -0.39 is 0 Å². The summed E-state index contributed by atoms with van der Waals surface area (Å²) < 4.78 is 5.36. The minimum Gasteiger partial charge on any atom is -0.508 e. The van der Waals surface area contributed by atoms with Crippen LogP contribution in [0.5, 0.6) is 5.75 Å². The molecule has 0 aliphatic heterocycles. The Morgan fingerprint density at radius 3 is 2.68 bits per heavy atom. The fraction of sp³-hybridized carbons (Fsp3) is 0.412. The molecule has 1 aromatic carbocycles. The molecule has 3 rings (SSSR count). The molecule has 2 heteroatoms. The molecule has 0 unspecified atom stereocenters. The van der Waals surface area contributed by atoms with E-state index in [1.165, 1.54) is 18.4 Å². The zero-order valence-electron chi connectivity index (χ0n) is 11.4. The molecule has 2 aliphatic rings. The van der Waals surface area contributed by atoms with Gasteiger partial charge in [-0.05, 0) is 55.4 Å². The number of phenolic OH excluding ortho intramolecular Hbond substituents is 1. The molecule has 100 valence electrons. The maximum atomic E-state index is 9.37. The van der Waals surface area contributed by atoms with Crippen LogP contribution in [0.1, 0.15) is 43.6 Å². The number of benzene rings is 1. The molecule has 0 amide bonds. The Morgan fingerprint density at radius 1 is 1.16 bits per heavy atom. The van der Waals surface area contributed by atoms with Gasteiger partial charge in [-0.3, -0.25) is 0 Å². The van der Waals surface area contributed by atoms with E-state index in [9.17, 15) is 5.11 Å². The highest BCUT2D eigenvalue weighted by molar-refractivity contribution is 5.35. The number of hydrogen-bond donors (Lipinski definition) is 1. The van der Waals surface area contributed by atoms with Crippen molar-refractivity contribution in [3.63, 3.8) is 0 Å². The van der Waals surface area contributed by atoms with Crippen molar-refractivity contribution in [1.82, 2.24) is 0 Å². The van der Waals surface area contributed by atoms with E-state index in [0.717, 1.165) is 25.0 Å². The van der Waals surface area contributed by atoms with Crippen molar-refractivity contribution >= 4 is 0 Å². The van der Waals surface area contributed by atoms with Gasteiger partial charge in [0.2, 0.25) is 0 Å². The summed E-state index contributed by atoms with van der Waals surface area (Å²) >= 11 is 0. The first kappa shape index (κ1) is 12.3. The molecule has 0 fully saturated rings. The average molecular weight is 256 g/mol. The summed E-state index contributed by atoms with van der Waals surface area (Å²) in [5.74, 6) is 2.09. The molecular formula is C17H20O2. The number of rotatable bonds is 2. The van der Waals surface area contributed by atoms with Crippen molar-refractivity contribution in [2.45, 2.75) is 38.0 Å². The molecule has 0 aromatic heterocycles. The van der Waals surface area contributed by atoms with Gasteiger partial charge in [0.1, 0.15) is 5.75 Å². The Kier molecular flexibility index (Phi) is 3.33. The SMILES string of the molecule is COC1=CCC2=C(CC[C@H](c3ccc(O)cc3)C2)C1. The minimum absolute atomic E-state index is 0.352. The quantitative estimate of drug-likeness (QED) is 0.800. The summed E-state index contributed by atoms with van der Waals surface area (Å²) in [6, 6.07) is 7.71. The van der Waals surface area contributed by atoms with Crippen LogP contribution in [-0.4, -0.2) is 12.2 Å². The summed E-state index contributed by atoms with van der Waals surface area (Å²) in [6.07, 6.45) is 7.83. The Balaban J connectivity index is 1.74. The van der Waals surface area contributed by atoms with Crippen LogP contribution in [0, 0.1) is 0 Å².